The van der Waals surface area contributed by atoms with Crippen molar-refractivity contribution in [1.29, 1.82) is 0 Å². The molecule has 88 valence electrons. The molecule has 17 heavy (non-hydrogen) atoms. The minimum Gasteiger partial charge on any atom is -0.207 e. The molecule has 0 aromatic heterocycles. The van der Waals surface area contributed by atoms with Gasteiger partial charge in [-0.1, -0.05) is 29.3 Å². The van der Waals surface area contributed by atoms with Crippen LogP contribution < -0.4 is 0 Å². The summed E-state index contributed by atoms with van der Waals surface area (Å²) in [6.45, 7) is 0. The van der Waals surface area contributed by atoms with Crippen molar-refractivity contribution in [1.82, 2.24) is 0 Å². The molecule has 0 unspecified atom stereocenters. The summed E-state index contributed by atoms with van der Waals surface area (Å²) < 4.78 is 40.1. The Bertz CT molecular complexity index is 539. The average molecular weight is 277 g/mol. The Morgan fingerprint density at radius 2 is 1.41 bits per heavy atom. The van der Waals surface area contributed by atoms with Gasteiger partial charge in [0, 0.05) is 17.2 Å². The zero-order valence-electron chi connectivity index (χ0n) is 8.28. The Labute approximate surface area is 106 Å². The van der Waals surface area contributed by atoms with Crippen molar-refractivity contribution in [3.05, 3.63) is 57.8 Å². The van der Waals surface area contributed by atoms with Crippen LogP contribution in [0.3, 0.4) is 0 Å². The third-order valence-electron chi connectivity index (χ3n) is 2.22. The van der Waals surface area contributed by atoms with Crippen molar-refractivity contribution in [3.8, 4) is 11.1 Å². The predicted molar refractivity (Wildman–Crippen MR) is 61.8 cm³/mol. The van der Waals surface area contributed by atoms with Crippen LogP contribution in [0.25, 0.3) is 11.1 Å². The van der Waals surface area contributed by atoms with Crippen LogP contribution in [0.5, 0.6) is 0 Å². The molecular weight excluding hydrogens is 272 g/mol. The van der Waals surface area contributed by atoms with Crippen LogP contribution in [-0.4, -0.2) is 0 Å². The Morgan fingerprint density at radius 1 is 0.765 bits per heavy atom. The summed E-state index contributed by atoms with van der Waals surface area (Å²) in [7, 11) is 0. The zero-order valence-corrected chi connectivity index (χ0v) is 9.79. The van der Waals surface area contributed by atoms with Crippen molar-refractivity contribution in [2.24, 2.45) is 0 Å². The lowest BCUT2D eigenvalue weighted by molar-refractivity contribution is 0.583. The largest absolute Gasteiger partial charge is 0.207 e. The third kappa shape index (κ3) is 2.26. The Hall–Kier alpha value is -1.19. The minimum absolute atomic E-state index is 0.0115. The summed E-state index contributed by atoms with van der Waals surface area (Å²) in [5.74, 6) is -2.50. The van der Waals surface area contributed by atoms with Gasteiger partial charge in [-0.3, -0.25) is 0 Å². The fraction of sp³-hybridized carbons (Fsp3) is 0. The number of benzene rings is 2. The Kier molecular flexibility index (Phi) is 3.31. The summed E-state index contributed by atoms with van der Waals surface area (Å²) in [5, 5.41) is -0.216. The number of hydrogen-bond acceptors (Lipinski definition) is 0. The lowest BCUT2D eigenvalue weighted by atomic mass is 10.0. The lowest BCUT2D eigenvalue weighted by Gasteiger charge is -2.09. The van der Waals surface area contributed by atoms with Crippen LogP contribution in [0, 0.1) is 17.5 Å². The van der Waals surface area contributed by atoms with Gasteiger partial charge >= 0.3 is 0 Å². The third-order valence-corrected chi connectivity index (χ3v) is 2.83. The molecule has 0 aliphatic rings. The highest BCUT2D eigenvalue weighted by Gasteiger charge is 2.18. The molecule has 0 N–H and O–H groups in total. The van der Waals surface area contributed by atoms with Gasteiger partial charge in [-0.2, -0.15) is 0 Å². The van der Waals surface area contributed by atoms with Crippen molar-refractivity contribution >= 4 is 23.2 Å². The van der Waals surface area contributed by atoms with E-state index in [2.05, 4.69) is 0 Å². The van der Waals surface area contributed by atoms with Crippen molar-refractivity contribution in [3.63, 3.8) is 0 Å². The molecule has 0 atom stereocenters. The van der Waals surface area contributed by atoms with Gasteiger partial charge in [0.1, 0.15) is 17.5 Å². The molecule has 0 bridgehead atoms. The first-order chi connectivity index (χ1) is 8.00. The molecule has 0 heterocycles. The van der Waals surface area contributed by atoms with E-state index >= 15 is 0 Å². The van der Waals surface area contributed by atoms with E-state index in [0.717, 1.165) is 12.1 Å². The molecule has 0 spiro atoms. The second-order valence-electron chi connectivity index (χ2n) is 3.34. The fourth-order valence-corrected chi connectivity index (χ4v) is 2.06. The second-order valence-corrected chi connectivity index (χ2v) is 4.16. The molecule has 2 aromatic rings. The maximum Gasteiger partial charge on any atom is 0.135 e. The standard InChI is InChI=1S/C12H5Cl2F3/c13-7-2-1-3-9(16)11(7)12-8(14)4-6(15)5-10(12)17/h1-5H. The van der Waals surface area contributed by atoms with E-state index in [4.69, 9.17) is 23.2 Å². The van der Waals surface area contributed by atoms with Crippen molar-refractivity contribution in [2.45, 2.75) is 0 Å². The van der Waals surface area contributed by atoms with Gasteiger partial charge in [0.2, 0.25) is 0 Å². The van der Waals surface area contributed by atoms with Gasteiger partial charge in [0.15, 0.2) is 0 Å². The van der Waals surface area contributed by atoms with E-state index in [1.165, 1.54) is 12.1 Å². The monoisotopic (exact) mass is 276 g/mol. The second kappa shape index (κ2) is 4.59. The summed E-state index contributed by atoms with van der Waals surface area (Å²) in [6, 6.07) is 5.45. The maximum atomic E-state index is 13.6. The molecule has 0 amide bonds. The normalized spacial score (nSPS) is 10.6. The average Bonchev–Trinajstić information content (AvgIpc) is 2.21. The first kappa shape index (κ1) is 12.3. The lowest BCUT2D eigenvalue weighted by Crippen LogP contribution is -1.92. The van der Waals surface area contributed by atoms with Crippen LogP contribution in [-0.2, 0) is 0 Å². The van der Waals surface area contributed by atoms with Crippen LogP contribution in [0.15, 0.2) is 30.3 Å². The van der Waals surface area contributed by atoms with E-state index in [1.807, 2.05) is 0 Å². The molecule has 2 rings (SSSR count). The molecule has 5 heteroatoms. The zero-order chi connectivity index (χ0) is 12.6. The summed E-state index contributed by atoms with van der Waals surface area (Å²) >= 11 is 11.5. The van der Waals surface area contributed by atoms with Gasteiger partial charge in [0.25, 0.3) is 0 Å². The van der Waals surface area contributed by atoms with Crippen LogP contribution in [0.2, 0.25) is 10.0 Å². The molecule has 0 nitrogen and oxygen atoms in total. The smallest absolute Gasteiger partial charge is 0.135 e. The van der Waals surface area contributed by atoms with Gasteiger partial charge in [0.05, 0.1) is 10.0 Å². The van der Waals surface area contributed by atoms with E-state index < -0.39 is 17.5 Å². The summed E-state index contributed by atoms with van der Waals surface area (Å²) in [5.41, 5.74) is -0.409. The van der Waals surface area contributed by atoms with Gasteiger partial charge < -0.3 is 0 Å². The van der Waals surface area contributed by atoms with Crippen LogP contribution in [0.4, 0.5) is 13.2 Å². The highest BCUT2D eigenvalue weighted by atomic mass is 35.5. The molecule has 0 saturated heterocycles. The molecular formula is C12H5Cl2F3. The summed E-state index contributed by atoms with van der Waals surface area (Å²) in [4.78, 5) is 0. The molecule has 2 aromatic carbocycles. The number of rotatable bonds is 1. The highest BCUT2D eigenvalue weighted by molar-refractivity contribution is 6.36. The van der Waals surface area contributed by atoms with Crippen LogP contribution in [0.1, 0.15) is 0 Å². The minimum atomic E-state index is -0.956. The highest BCUT2D eigenvalue weighted by Crippen LogP contribution is 2.37. The van der Waals surface area contributed by atoms with Gasteiger partial charge in [-0.05, 0) is 18.2 Å². The molecule has 0 aliphatic heterocycles. The van der Waals surface area contributed by atoms with Crippen molar-refractivity contribution < 1.29 is 13.2 Å². The quantitative estimate of drug-likeness (QED) is 0.682. The fourth-order valence-electron chi connectivity index (χ4n) is 1.52. The Morgan fingerprint density at radius 3 is 2.00 bits per heavy atom. The van der Waals surface area contributed by atoms with Gasteiger partial charge in [-0.25, -0.2) is 13.2 Å². The molecule has 0 radical (unpaired) electrons. The number of halogens is 5. The topological polar surface area (TPSA) is 0 Å². The van der Waals surface area contributed by atoms with Gasteiger partial charge in [-0.15, -0.1) is 0 Å². The molecule has 0 saturated carbocycles. The SMILES string of the molecule is Fc1cc(F)c(-c2c(F)cccc2Cl)c(Cl)c1. The Balaban J connectivity index is 2.77. The van der Waals surface area contributed by atoms with Crippen molar-refractivity contribution in [2.75, 3.05) is 0 Å². The van der Waals surface area contributed by atoms with Crippen LogP contribution >= 0.6 is 23.2 Å². The summed E-state index contributed by atoms with van der Waals surface area (Å²) in [6.07, 6.45) is 0. The first-order valence-corrected chi connectivity index (χ1v) is 5.35. The molecule has 0 fully saturated rings. The number of hydrogen-bond donors (Lipinski definition) is 0. The molecule has 0 aliphatic carbocycles. The maximum absolute atomic E-state index is 13.6. The van der Waals surface area contributed by atoms with E-state index in [1.54, 1.807) is 0 Å². The van der Waals surface area contributed by atoms with E-state index in [-0.39, 0.29) is 21.2 Å². The first-order valence-electron chi connectivity index (χ1n) is 4.59. The van der Waals surface area contributed by atoms with E-state index in [0.29, 0.717) is 6.07 Å². The van der Waals surface area contributed by atoms with E-state index in [9.17, 15) is 13.2 Å². The predicted octanol–water partition coefficient (Wildman–Crippen LogP) is 5.08.